The Balaban J connectivity index is 1.54. The van der Waals surface area contributed by atoms with Crippen LogP contribution in [-0.4, -0.2) is 57.8 Å². The zero-order valence-electron chi connectivity index (χ0n) is 22.8. The largest absolute Gasteiger partial charge is 0.392 e. The fourth-order valence-corrected chi connectivity index (χ4v) is 5.68. The number of carbonyl (C=O) groups excluding carboxylic acids is 2. The number of hydrogen-bond donors (Lipinski definition) is 4. The average Bonchev–Trinajstić information content (AvgIpc) is 3.45. The second-order valence-corrected chi connectivity index (χ2v) is 12.4. The number of halogens is 2. The van der Waals surface area contributed by atoms with Crippen molar-refractivity contribution in [1.29, 1.82) is 0 Å². The van der Waals surface area contributed by atoms with Crippen LogP contribution in [0.25, 0.3) is 0 Å². The number of carbonyl (C=O) groups is 2. The van der Waals surface area contributed by atoms with Crippen molar-refractivity contribution >= 4 is 17.5 Å². The van der Waals surface area contributed by atoms with Gasteiger partial charge in [-0.3, -0.25) is 19.6 Å². The summed E-state index contributed by atoms with van der Waals surface area (Å²) in [5, 5.41) is 23.5. The molecular formula is C29H39F2N5O3. The molecule has 5 rings (SSSR count). The molecular weight excluding hydrogens is 504 g/mol. The first-order valence-corrected chi connectivity index (χ1v) is 14.0. The number of benzene rings is 1. The van der Waals surface area contributed by atoms with Gasteiger partial charge in [-0.1, -0.05) is 32.9 Å². The van der Waals surface area contributed by atoms with E-state index < -0.39 is 36.1 Å². The normalized spacial score (nSPS) is 24.4. The number of anilines is 1. The molecule has 2 aliphatic carbocycles. The molecule has 0 spiro atoms. The maximum atomic E-state index is 14.1. The van der Waals surface area contributed by atoms with E-state index in [9.17, 15) is 23.5 Å². The average molecular weight is 544 g/mol. The van der Waals surface area contributed by atoms with Gasteiger partial charge in [-0.25, -0.2) is 8.78 Å². The highest BCUT2D eigenvalue weighted by Crippen LogP contribution is 2.44. The number of H-pyrrole nitrogens is 1. The standard InChI is InChI=1S/C29H39F2N5O3/c1-28(2,3)18-6-8-20(9-7-18)36(27(39)23-14-21(37)15-32-23)25(22-16-33-35-24(22)17-4-5-17)26(38)34-19-10-12-29(30,31)13-11-19/h6-9,16-17,19,21,23,25,32,37H,4-5,10-15H2,1-3H3,(H,33,35)(H,34,38)/t21-,23-,25?/m1/s1. The van der Waals surface area contributed by atoms with Crippen LogP contribution in [0.1, 0.15) is 94.5 Å². The maximum absolute atomic E-state index is 14.1. The lowest BCUT2D eigenvalue weighted by molar-refractivity contribution is -0.128. The first kappa shape index (κ1) is 27.7. The Morgan fingerprint density at radius 3 is 2.36 bits per heavy atom. The lowest BCUT2D eigenvalue weighted by atomic mass is 9.87. The van der Waals surface area contributed by atoms with Gasteiger partial charge in [0.05, 0.1) is 18.3 Å². The van der Waals surface area contributed by atoms with Crippen molar-refractivity contribution < 1.29 is 23.5 Å². The summed E-state index contributed by atoms with van der Waals surface area (Å²) in [6, 6.07) is 5.51. The molecule has 3 aliphatic rings. The minimum absolute atomic E-state index is 0.103. The Morgan fingerprint density at radius 1 is 1.13 bits per heavy atom. The number of aliphatic hydroxyl groups excluding tert-OH is 1. The van der Waals surface area contributed by atoms with Gasteiger partial charge in [0.1, 0.15) is 6.04 Å². The molecule has 39 heavy (non-hydrogen) atoms. The number of β-amino-alcohol motifs (C(OH)–C–C–N with tert-alkyl or cyclic N) is 1. The summed E-state index contributed by atoms with van der Waals surface area (Å²) in [5.41, 5.74) is 2.97. The van der Waals surface area contributed by atoms with Crippen LogP contribution in [0.2, 0.25) is 0 Å². The van der Waals surface area contributed by atoms with Crippen molar-refractivity contribution in [3.8, 4) is 0 Å². The van der Waals surface area contributed by atoms with E-state index in [4.69, 9.17) is 0 Å². The van der Waals surface area contributed by atoms with Crippen LogP contribution in [-0.2, 0) is 15.0 Å². The van der Waals surface area contributed by atoms with E-state index in [0.717, 1.165) is 24.1 Å². The van der Waals surface area contributed by atoms with Crippen molar-refractivity contribution in [1.82, 2.24) is 20.8 Å². The number of nitrogens with zero attached hydrogens (tertiary/aromatic N) is 2. The minimum Gasteiger partial charge on any atom is -0.392 e. The summed E-state index contributed by atoms with van der Waals surface area (Å²) in [4.78, 5) is 29.7. The van der Waals surface area contributed by atoms with Crippen LogP contribution in [0.4, 0.5) is 14.5 Å². The summed E-state index contributed by atoms with van der Waals surface area (Å²) in [6.45, 7) is 6.60. The lowest BCUT2D eigenvalue weighted by Crippen LogP contribution is -2.52. The smallest absolute Gasteiger partial charge is 0.248 e. The highest BCUT2D eigenvalue weighted by Gasteiger charge is 2.43. The highest BCUT2D eigenvalue weighted by atomic mass is 19.3. The summed E-state index contributed by atoms with van der Waals surface area (Å²) in [5.74, 6) is -3.22. The highest BCUT2D eigenvalue weighted by molar-refractivity contribution is 6.04. The number of aromatic nitrogens is 2. The van der Waals surface area contributed by atoms with Gasteiger partial charge in [0.25, 0.3) is 0 Å². The molecule has 2 aromatic rings. The van der Waals surface area contributed by atoms with Gasteiger partial charge in [-0.05, 0) is 55.2 Å². The fourth-order valence-electron chi connectivity index (χ4n) is 5.68. The summed E-state index contributed by atoms with van der Waals surface area (Å²) in [6.07, 6.45) is 2.92. The Labute approximate surface area is 227 Å². The Hall–Kier alpha value is -2.85. The molecule has 1 unspecified atom stereocenters. The van der Waals surface area contributed by atoms with Gasteiger partial charge in [0.15, 0.2) is 0 Å². The molecule has 1 aromatic heterocycles. The molecule has 10 heteroatoms. The van der Waals surface area contributed by atoms with Crippen molar-refractivity contribution in [3.63, 3.8) is 0 Å². The number of alkyl halides is 2. The van der Waals surface area contributed by atoms with E-state index >= 15 is 0 Å². The molecule has 0 radical (unpaired) electrons. The van der Waals surface area contributed by atoms with Gasteiger partial charge in [0.2, 0.25) is 17.7 Å². The number of nitrogens with one attached hydrogen (secondary N) is 3. The predicted molar refractivity (Wildman–Crippen MR) is 144 cm³/mol. The van der Waals surface area contributed by atoms with Crippen LogP contribution in [0.5, 0.6) is 0 Å². The summed E-state index contributed by atoms with van der Waals surface area (Å²) in [7, 11) is 0. The summed E-state index contributed by atoms with van der Waals surface area (Å²) >= 11 is 0. The number of amides is 2. The van der Waals surface area contributed by atoms with Gasteiger partial charge in [-0.15, -0.1) is 0 Å². The zero-order valence-corrected chi connectivity index (χ0v) is 22.8. The van der Waals surface area contributed by atoms with Crippen molar-refractivity contribution in [3.05, 3.63) is 47.3 Å². The second-order valence-electron chi connectivity index (χ2n) is 12.4. The Morgan fingerprint density at radius 2 is 1.79 bits per heavy atom. The monoisotopic (exact) mass is 543 g/mol. The van der Waals surface area contributed by atoms with Gasteiger partial charge >= 0.3 is 0 Å². The zero-order chi connectivity index (χ0) is 27.9. The van der Waals surface area contributed by atoms with Crippen LogP contribution >= 0.6 is 0 Å². The van der Waals surface area contributed by atoms with Crippen LogP contribution < -0.4 is 15.5 Å². The molecule has 3 fully saturated rings. The predicted octanol–water partition coefficient (Wildman–Crippen LogP) is 4.08. The van der Waals surface area contributed by atoms with Crippen molar-refractivity contribution in [2.45, 2.75) is 107 Å². The molecule has 4 N–H and O–H groups in total. The lowest BCUT2D eigenvalue weighted by Gasteiger charge is -2.35. The number of aromatic amines is 1. The maximum Gasteiger partial charge on any atom is 0.248 e. The van der Waals surface area contributed by atoms with Gasteiger partial charge < -0.3 is 15.7 Å². The molecule has 212 valence electrons. The molecule has 2 heterocycles. The third-order valence-electron chi connectivity index (χ3n) is 8.20. The van der Waals surface area contributed by atoms with Crippen LogP contribution in [0, 0.1) is 0 Å². The van der Waals surface area contributed by atoms with Crippen LogP contribution in [0.15, 0.2) is 30.5 Å². The number of hydrogen-bond acceptors (Lipinski definition) is 5. The van der Waals surface area contributed by atoms with Crippen molar-refractivity contribution in [2.24, 2.45) is 0 Å². The molecule has 1 aromatic carbocycles. The Kier molecular flexibility index (Phi) is 7.54. The molecule has 1 saturated heterocycles. The van der Waals surface area contributed by atoms with E-state index in [0.29, 0.717) is 17.8 Å². The van der Waals surface area contributed by atoms with E-state index in [-0.39, 0.29) is 49.3 Å². The van der Waals surface area contributed by atoms with E-state index in [1.54, 1.807) is 6.20 Å². The number of rotatable bonds is 7. The quantitative estimate of drug-likeness (QED) is 0.421. The number of aliphatic hydroxyl groups is 1. The molecule has 8 nitrogen and oxygen atoms in total. The first-order chi connectivity index (χ1) is 18.4. The van der Waals surface area contributed by atoms with E-state index in [1.807, 2.05) is 24.3 Å². The third-order valence-corrected chi connectivity index (χ3v) is 8.20. The molecule has 3 atom stereocenters. The minimum atomic E-state index is -2.71. The van der Waals surface area contributed by atoms with Gasteiger partial charge in [0, 0.05) is 48.3 Å². The fraction of sp³-hybridized carbons (Fsp3) is 0.621. The molecule has 2 saturated carbocycles. The second kappa shape index (κ2) is 10.6. The molecule has 0 bridgehead atoms. The SMILES string of the molecule is CC(C)(C)c1ccc(N(C(=O)[C@H]2C[C@@H](O)CN2)C(C(=O)NC2CCC(F)(F)CC2)c2cn[nH]c2C2CC2)cc1. The third kappa shape index (κ3) is 6.17. The van der Waals surface area contributed by atoms with E-state index in [1.165, 1.54) is 4.90 Å². The molecule has 1 aliphatic heterocycles. The van der Waals surface area contributed by atoms with Crippen LogP contribution in [0.3, 0.4) is 0 Å². The topological polar surface area (TPSA) is 110 Å². The summed E-state index contributed by atoms with van der Waals surface area (Å²) < 4.78 is 27.6. The molecule has 2 amide bonds. The van der Waals surface area contributed by atoms with Gasteiger partial charge in [-0.2, -0.15) is 5.10 Å². The Bertz CT molecular complexity index is 1180. The first-order valence-electron chi connectivity index (χ1n) is 14.0. The van der Waals surface area contributed by atoms with E-state index in [2.05, 4.69) is 41.6 Å². The van der Waals surface area contributed by atoms with Crippen molar-refractivity contribution in [2.75, 3.05) is 11.4 Å².